The Hall–Kier alpha value is -0.280. The maximum Gasteiger partial charge on any atom is 0.139 e. The standard InChI is InChI=1S/C8H9BrClNO/c1-5-4-11-6(3-10)7(9)8(5)12-2/h4H,3H2,1-2H3. The molecular weight excluding hydrogens is 241 g/mol. The summed E-state index contributed by atoms with van der Waals surface area (Å²) in [6.07, 6.45) is 1.75. The molecule has 0 aromatic carbocycles. The van der Waals surface area contributed by atoms with Crippen LogP contribution in [0.25, 0.3) is 0 Å². The minimum absolute atomic E-state index is 0.386. The van der Waals surface area contributed by atoms with Crippen molar-refractivity contribution in [1.82, 2.24) is 4.98 Å². The van der Waals surface area contributed by atoms with Crippen molar-refractivity contribution in [2.45, 2.75) is 12.8 Å². The number of hydrogen-bond donors (Lipinski definition) is 0. The number of rotatable bonds is 2. The third-order valence-electron chi connectivity index (χ3n) is 1.56. The molecule has 0 saturated carbocycles. The molecule has 0 atom stereocenters. The monoisotopic (exact) mass is 249 g/mol. The van der Waals surface area contributed by atoms with Gasteiger partial charge in [-0.15, -0.1) is 11.6 Å². The Kier molecular flexibility index (Phi) is 3.35. The largest absolute Gasteiger partial charge is 0.495 e. The smallest absolute Gasteiger partial charge is 0.139 e. The van der Waals surface area contributed by atoms with Crippen LogP contribution in [-0.4, -0.2) is 12.1 Å². The van der Waals surface area contributed by atoms with Crippen LogP contribution in [-0.2, 0) is 5.88 Å². The van der Waals surface area contributed by atoms with E-state index in [4.69, 9.17) is 16.3 Å². The van der Waals surface area contributed by atoms with Crippen molar-refractivity contribution in [1.29, 1.82) is 0 Å². The van der Waals surface area contributed by atoms with Crippen molar-refractivity contribution in [3.63, 3.8) is 0 Å². The average Bonchev–Trinajstić information content (AvgIpc) is 2.06. The quantitative estimate of drug-likeness (QED) is 0.753. The molecule has 1 aromatic rings. The summed E-state index contributed by atoms with van der Waals surface area (Å²) >= 11 is 9.05. The van der Waals surface area contributed by atoms with Gasteiger partial charge in [0.2, 0.25) is 0 Å². The second-order valence-corrected chi connectivity index (χ2v) is 3.43. The Labute approximate surface area is 85.0 Å². The predicted octanol–water partition coefficient (Wildman–Crippen LogP) is 2.90. The summed E-state index contributed by atoms with van der Waals surface area (Å²) in [7, 11) is 1.63. The van der Waals surface area contributed by atoms with Crippen molar-refractivity contribution >= 4 is 27.5 Å². The summed E-state index contributed by atoms with van der Waals surface area (Å²) < 4.78 is 6.02. The van der Waals surface area contributed by atoms with Gasteiger partial charge < -0.3 is 4.74 Å². The van der Waals surface area contributed by atoms with Crippen LogP contribution in [0.5, 0.6) is 5.75 Å². The van der Waals surface area contributed by atoms with Crippen LogP contribution in [0.3, 0.4) is 0 Å². The van der Waals surface area contributed by atoms with E-state index in [-0.39, 0.29) is 0 Å². The normalized spacial score (nSPS) is 10.0. The van der Waals surface area contributed by atoms with Crippen molar-refractivity contribution in [2.24, 2.45) is 0 Å². The van der Waals surface area contributed by atoms with Crippen LogP contribution in [0.4, 0.5) is 0 Å². The van der Waals surface area contributed by atoms with Crippen LogP contribution in [0, 0.1) is 6.92 Å². The SMILES string of the molecule is COc1c(C)cnc(CCl)c1Br. The first-order chi connectivity index (χ1) is 5.70. The number of aryl methyl sites for hydroxylation is 1. The molecule has 0 unspecified atom stereocenters. The van der Waals surface area contributed by atoms with Crippen LogP contribution in [0.1, 0.15) is 11.3 Å². The Bertz CT molecular complexity index is 291. The lowest BCUT2D eigenvalue weighted by Crippen LogP contribution is -1.95. The van der Waals surface area contributed by atoms with E-state index >= 15 is 0 Å². The van der Waals surface area contributed by atoms with Gasteiger partial charge in [0, 0.05) is 11.8 Å². The average molecular weight is 251 g/mol. The van der Waals surface area contributed by atoms with Gasteiger partial charge in [0.15, 0.2) is 0 Å². The second kappa shape index (κ2) is 4.10. The molecule has 0 spiro atoms. The molecule has 0 N–H and O–H groups in total. The fourth-order valence-electron chi connectivity index (χ4n) is 0.938. The Balaban J connectivity index is 3.24. The number of nitrogens with zero attached hydrogens (tertiary/aromatic N) is 1. The van der Waals surface area contributed by atoms with Gasteiger partial charge in [0.05, 0.1) is 23.2 Å². The highest BCUT2D eigenvalue weighted by atomic mass is 79.9. The maximum atomic E-state index is 5.67. The summed E-state index contributed by atoms with van der Waals surface area (Å²) in [4.78, 5) is 4.15. The number of methoxy groups -OCH3 is 1. The topological polar surface area (TPSA) is 22.1 Å². The van der Waals surface area contributed by atoms with Crippen molar-refractivity contribution in [3.8, 4) is 5.75 Å². The molecule has 66 valence electrons. The minimum atomic E-state index is 0.386. The summed E-state index contributed by atoms with van der Waals surface area (Å²) in [6, 6.07) is 0. The molecule has 1 rings (SSSR count). The Morgan fingerprint density at radius 2 is 2.33 bits per heavy atom. The summed E-state index contributed by atoms with van der Waals surface area (Å²) in [5.41, 5.74) is 1.80. The van der Waals surface area contributed by atoms with Gasteiger partial charge >= 0.3 is 0 Å². The molecule has 0 aliphatic rings. The molecule has 0 radical (unpaired) electrons. The van der Waals surface area contributed by atoms with E-state index in [1.54, 1.807) is 13.3 Å². The molecule has 4 heteroatoms. The zero-order chi connectivity index (χ0) is 9.14. The number of alkyl halides is 1. The molecule has 0 bridgehead atoms. The van der Waals surface area contributed by atoms with Crippen molar-refractivity contribution in [3.05, 3.63) is 21.9 Å². The number of ether oxygens (including phenoxy) is 1. The van der Waals surface area contributed by atoms with Crippen LogP contribution in [0.2, 0.25) is 0 Å². The summed E-state index contributed by atoms with van der Waals surface area (Å²) in [5.74, 6) is 1.19. The molecule has 0 saturated heterocycles. The lowest BCUT2D eigenvalue weighted by atomic mass is 10.2. The highest BCUT2D eigenvalue weighted by Gasteiger charge is 2.09. The lowest BCUT2D eigenvalue weighted by molar-refractivity contribution is 0.407. The molecule has 0 fully saturated rings. The van der Waals surface area contributed by atoms with E-state index in [9.17, 15) is 0 Å². The van der Waals surface area contributed by atoms with Crippen LogP contribution >= 0.6 is 27.5 Å². The first kappa shape index (κ1) is 9.81. The Morgan fingerprint density at radius 3 is 2.83 bits per heavy atom. The van der Waals surface area contributed by atoms with Crippen molar-refractivity contribution in [2.75, 3.05) is 7.11 Å². The van der Waals surface area contributed by atoms with Gasteiger partial charge in [0.1, 0.15) is 5.75 Å². The fraction of sp³-hybridized carbons (Fsp3) is 0.375. The highest BCUT2D eigenvalue weighted by molar-refractivity contribution is 9.10. The zero-order valence-corrected chi connectivity index (χ0v) is 9.24. The van der Waals surface area contributed by atoms with E-state index < -0.39 is 0 Å². The zero-order valence-electron chi connectivity index (χ0n) is 6.90. The predicted molar refractivity (Wildman–Crippen MR) is 52.8 cm³/mol. The van der Waals surface area contributed by atoms with Crippen molar-refractivity contribution < 1.29 is 4.74 Å². The molecule has 1 aromatic heterocycles. The van der Waals surface area contributed by atoms with E-state index in [2.05, 4.69) is 20.9 Å². The van der Waals surface area contributed by atoms with E-state index in [0.717, 1.165) is 21.5 Å². The van der Waals surface area contributed by atoms with Gasteiger partial charge in [-0.05, 0) is 22.9 Å². The minimum Gasteiger partial charge on any atom is -0.495 e. The molecule has 0 amide bonds. The summed E-state index contributed by atoms with van der Waals surface area (Å²) in [5, 5.41) is 0. The molecule has 0 aliphatic carbocycles. The van der Waals surface area contributed by atoms with E-state index in [1.165, 1.54) is 0 Å². The number of aromatic nitrogens is 1. The lowest BCUT2D eigenvalue weighted by Gasteiger charge is -2.08. The fourth-order valence-corrected chi connectivity index (χ4v) is 2.02. The first-order valence-corrected chi connectivity index (χ1v) is 4.77. The maximum absolute atomic E-state index is 5.67. The van der Waals surface area contributed by atoms with Crippen LogP contribution in [0.15, 0.2) is 10.7 Å². The van der Waals surface area contributed by atoms with Gasteiger partial charge in [-0.2, -0.15) is 0 Å². The Morgan fingerprint density at radius 1 is 1.67 bits per heavy atom. The third kappa shape index (κ3) is 1.72. The molecular formula is C8H9BrClNO. The second-order valence-electron chi connectivity index (χ2n) is 2.37. The molecule has 12 heavy (non-hydrogen) atoms. The third-order valence-corrected chi connectivity index (χ3v) is 2.63. The van der Waals surface area contributed by atoms with E-state index in [1.807, 2.05) is 6.92 Å². The van der Waals surface area contributed by atoms with Gasteiger partial charge in [0.25, 0.3) is 0 Å². The highest BCUT2D eigenvalue weighted by Crippen LogP contribution is 2.30. The van der Waals surface area contributed by atoms with Gasteiger partial charge in [-0.3, -0.25) is 4.98 Å². The van der Waals surface area contributed by atoms with E-state index in [0.29, 0.717) is 5.88 Å². The van der Waals surface area contributed by atoms with Crippen LogP contribution < -0.4 is 4.74 Å². The number of halogens is 2. The first-order valence-electron chi connectivity index (χ1n) is 3.44. The van der Waals surface area contributed by atoms with Gasteiger partial charge in [-0.1, -0.05) is 0 Å². The van der Waals surface area contributed by atoms with Gasteiger partial charge in [-0.25, -0.2) is 0 Å². The number of pyridine rings is 1. The molecule has 2 nitrogen and oxygen atoms in total. The number of hydrogen-bond acceptors (Lipinski definition) is 2. The molecule has 1 heterocycles. The summed E-state index contributed by atoms with van der Waals surface area (Å²) in [6.45, 7) is 1.94. The molecule has 0 aliphatic heterocycles.